The summed E-state index contributed by atoms with van der Waals surface area (Å²) in [6.07, 6.45) is 4.16. The molecule has 46 heavy (non-hydrogen) atoms. The number of fused-ring (bicyclic) bond motifs is 2. The van der Waals surface area contributed by atoms with E-state index in [9.17, 15) is 33.3 Å². The van der Waals surface area contributed by atoms with Gasteiger partial charge in [0, 0.05) is 18.1 Å². The van der Waals surface area contributed by atoms with Crippen LogP contribution in [0.3, 0.4) is 0 Å². The number of nitrogens with zero attached hydrogens (tertiary/aromatic N) is 7. The minimum Gasteiger partial charge on any atom is -0.271 e. The van der Waals surface area contributed by atoms with E-state index in [0.717, 1.165) is 33.9 Å². The summed E-state index contributed by atoms with van der Waals surface area (Å²) in [5, 5.41) is 26.3. The molecule has 2 fully saturated rings. The monoisotopic (exact) mass is 625 g/mol. The van der Waals surface area contributed by atoms with Gasteiger partial charge in [-0.2, -0.15) is 10.2 Å². The standard InChI is InChI=1S/C32H25F2N7O5/c33-21-8-4-18(5-9-21)16-20-2-1-3-25-27(20)36-40(29(25)19-6-10-22(34)11-7-19)26(42)17-38-30-28(35-37-38)31(43)39(32(30)44)23-12-14-24(15-13-23)41(45)46/h4-16,25,28-30H,1-3,17H2/b20-16+/t25-,28+,29-,30-/m1/s1. The smallest absolute Gasteiger partial charge is 0.269 e. The largest absolute Gasteiger partial charge is 0.271 e. The molecule has 0 aromatic heterocycles. The maximum Gasteiger partial charge on any atom is 0.269 e. The van der Waals surface area contributed by atoms with Crippen LogP contribution in [-0.2, 0) is 14.4 Å². The number of non-ortho nitro benzene ring substituents is 1. The van der Waals surface area contributed by atoms with E-state index in [1.165, 1.54) is 53.5 Å². The van der Waals surface area contributed by atoms with Crippen LogP contribution < -0.4 is 4.90 Å². The predicted molar refractivity (Wildman–Crippen MR) is 160 cm³/mol. The second-order valence-electron chi connectivity index (χ2n) is 11.4. The lowest BCUT2D eigenvalue weighted by molar-refractivity contribution is -0.384. The highest BCUT2D eigenvalue weighted by atomic mass is 19.1. The summed E-state index contributed by atoms with van der Waals surface area (Å²) in [4.78, 5) is 52.0. The molecule has 0 unspecified atom stereocenters. The number of carbonyl (C=O) groups excluding carboxylic acids is 3. The third-order valence-corrected chi connectivity index (χ3v) is 8.65. The lowest BCUT2D eigenvalue weighted by Crippen LogP contribution is -2.45. The first-order valence-corrected chi connectivity index (χ1v) is 14.6. The summed E-state index contributed by atoms with van der Waals surface area (Å²) >= 11 is 0. The van der Waals surface area contributed by atoms with E-state index in [-0.39, 0.29) is 23.1 Å². The molecule has 232 valence electrons. The highest BCUT2D eigenvalue weighted by Crippen LogP contribution is 2.45. The van der Waals surface area contributed by atoms with Crippen LogP contribution in [0.15, 0.2) is 93.8 Å². The summed E-state index contributed by atoms with van der Waals surface area (Å²) in [6, 6.07) is 14.0. The van der Waals surface area contributed by atoms with Crippen molar-refractivity contribution < 1.29 is 28.1 Å². The molecule has 1 saturated carbocycles. The Labute approximate surface area is 260 Å². The van der Waals surface area contributed by atoms with E-state index in [4.69, 9.17) is 5.10 Å². The van der Waals surface area contributed by atoms with Gasteiger partial charge in [0.1, 0.15) is 18.2 Å². The average molecular weight is 626 g/mol. The van der Waals surface area contributed by atoms with Crippen molar-refractivity contribution in [2.45, 2.75) is 37.4 Å². The number of imide groups is 1. The molecular weight excluding hydrogens is 600 g/mol. The SMILES string of the molecule is O=C1[C@H]2N=NN(CC(=O)N3N=C4/C(=C/c5ccc(F)cc5)CCC[C@H]4[C@H]3c3ccc(F)cc3)[C@H]2C(=O)N1c1ccc([N+](=O)[O-])cc1. The van der Waals surface area contributed by atoms with Crippen molar-refractivity contribution in [3.8, 4) is 0 Å². The summed E-state index contributed by atoms with van der Waals surface area (Å²) in [5.74, 6) is -2.81. The average Bonchev–Trinajstić information content (AvgIpc) is 3.72. The first kappa shape index (κ1) is 29.1. The number of hydrazone groups is 1. The van der Waals surface area contributed by atoms with Crippen LogP contribution >= 0.6 is 0 Å². The van der Waals surface area contributed by atoms with Gasteiger partial charge in [0.05, 0.1) is 22.4 Å². The van der Waals surface area contributed by atoms with Crippen molar-refractivity contribution in [3.05, 3.63) is 111 Å². The van der Waals surface area contributed by atoms with Crippen molar-refractivity contribution in [2.75, 3.05) is 11.4 Å². The minimum atomic E-state index is -1.18. The molecule has 1 saturated heterocycles. The molecule has 3 amide bonds. The molecule has 0 bridgehead atoms. The van der Waals surface area contributed by atoms with Gasteiger partial charge in [0.2, 0.25) is 0 Å². The van der Waals surface area contributed by atoms with Gasteiger partial charge in [-0.25, -0.2) is 18.7 Å². The van der Waals surface area contributed by atoms with Crippen LogP contribution in [0.4, 0.5) is 20.2 Å². The first-order valence-electron chi connectivity index (χ1n) is 14.6. The molecule has 3 heterocycles. The molecule has 4 aliphatic rings. The maximum absolute atomic E-state index is 14.0. The Morgan fingerprint density at radius 1 is 0.935 bits per heavy atom. The molecule has 1 aliphatic carbocycles. The number of nitro groups is 1. The molecule has 0 N–H and O–H groups in total. The molecule has 12 nitrogen and oxygen atoms in total. The molecule has 7 rings (SSSR count). The van der Waals surface area contributed by atoms with Crippen molar-refractivity contribution >= 4 is 40.9 Å². The van der Waals surface area contributed by atoms with Gasteiger partial charge in [-0.15, -0.1) is 0 Å². The molecule has 14 heteroatoms. The van der Waals surface area contributed by atoms with Gasteiger partial charge >= 0.3 is 0 Å². The number of amides is 3. The van der Waals surface area contributed by atoms with Crippen molar-refractivity contribution in [1.29, 1.82) is 0 Å². The quantitative estimate of drug-likeness (QED) is 0.215. The van der Waals surface area contributed by atoms with Gasteiger partial charge < -0.3 is 0 Å². The summed E-state index contributed by atoms with van der Waals surface area (Å²) in [6.45, 7) is -0.421. The summed E-state index contributed by atoms with van der Waals surface area (Å²) < 4.78 is 27.4. The number of carbonyl (C=O) groups is 3. The Morgan fingerprint density at radius 2 is 1.61 bits per heavy atom. The van der Waals surface area contributed by atoms with E-state index < -0.39 is 53.1 Å². The third kappa shape index (κ3) is 5.01. The molecule has 0 radical (unpaired) electrons. The number of rotatable bonds is 6. The second kappa shape index (κ2) is 11.4. The fourth-order valence-electron chi connectivity index (χ4n) is 6.50. The summed E-state index contributed by atoms with van der Waals surface area (Å²) in [7, 11) is 0. The third-order valence-electron chi connectivity index (χ3n) is 8.65. The summed E-state index contributed by atoms with van der Waals surface area (Å²) in [5.41, 5.74) is 3.02. The van der Waals surface area contributed by atoms with E-state index in [0.29, 0.717) is 17.7 Å². The van der Waals surface area contributed by atoms with Crippen molar-refractivity contribution in [2.24, 2.45) is 21.4 Å². The Hall–Kier alpha value is -5.66. The molecular formula is C32H25F2N7O5. The van der Waals surface area contributed by atoms with Gasteiger partial charge in [-0.1, -0.05) is 29.5 Å². The van der Waals surface area contributed by atoms with E-state index in [2.05, 4.69) is 10.3 Å². The highest BCUT2D eigenvalue weighted by molar-refractivity contribution is 6.25. The van der Waals surface area contributed by atoms with Crippen LogP contribution in [-0.4, -0.2) is 57.0 Å². The van der Waals surface area contributed by atoms with Crippen LogP contribution in [0.5, 0.6) is 0 Å². The number of hydrogen-bond acceptors (Lipinski definition) is 9. The van der Waals surface area contributed by atoms with Crippen molar-refractivity contribution in [3.63, 3.8) is 0 Å². The first-order chi connectivity index (χ1) is 22.2. The fraction of sp³-hybridized carbons (Fsp3) is 0.250. The number of hydrogen-bond donors (Lipinski definition) is 0. The zero-order chi connectivity index (χ0) is 32.1. The predicted octanol–water partition coefficient (Wildman–Crippen LogP) is 4.99. The Balaban J connectivity index is 1.17. The second-order valence-corrected chi connectivity index (χ2v) is 11.4. The van der Waals surface area contributed by atoms with Crippen molar-refractivity contribution in [1.82, 2.24) is 10.0 Å². The normalized spacial score (nSPS) is 24.4. The molecule has 3 aliphatic heterocycles. The maximum atomic E-state index is 14.0. The Kier molecular flexibility index (Phi) is 7.18. The number of benzene rings is 3. The molecule has 4 atom stereocenters. The highest BCUT2D eigenvalue weighted by Gasteiger charge is 2.55. The number of nitro benzene ring substituents is 1. The van der Waals surface area contributed by atoms with Crippen LogP contribution in [0.2, 0.25) is 0 Å². The molecule has 3 aromatic rings. The lowest BCUT2D eigenvalue weighted by atomic mass is 9.77. The lowest BCUT2D eigenvalue weighted by Gasteiger charge is -2.30. The Bertz CT molecular complexity index is 1840. The van der Waals surface area contributed by atoms with Gasteiger partial charge in [-0.05, 0) is 78.4 Å². The van der Waals surface area contributed by atoms with Crippen LogP contribution in [0.1, 0.15) is 36.4 Å². The van der Waals surface area contributed by atoms with E-state index in [1.807, 2.05) is 6.08 Å². The number of halogens is 2. The van der Waals surface area contributed by atoms with E-state index in [1.54, 1.807) is 24.3 Å². The topological polar surface area (TPSA) is 141 Å². The van der Waals surface area contributed by atoms with Crippen LogP contribution in [0.25, 0.3) is 6.08 Å². The zero-order valence-corrected chi connectivity index (χ0v) is 24.1. The zero-order valence-electron chi connectivity index (χ0n) is 24.1. The van der Waals surface area contributed by atoms with Crippen LogP contribution in [0, 0.1) is 27.7 Å². The minimum absolute atomic E-state index is 0.142. The number of allylic oxidation sites excluding steroid dienone is 1. The molecule has 3 aromatic carbocycles. The van der Waals surface area contributed by atoms with Gasteiger partial charge in [0.25, 0.3) is 23.4 Å². The fourth-order valence-corrected chi connectivity index (χ4v) is 6.50. The molecule has 0 spiro atoms. The van der Waals surface area contributed by atoms with E-state index >= 15 is 0 Å². The van der Waals surface area contributed by atoms with Gasteiger partial charge in [-0.3, -0.25) is 29.5 Å². The Morgan fingerprint density at radius 3 is 2.28 bits per heavy atom. The van der Waals surface area contributed by atoms with Gasteiger partial charge in [0.15, 0.2) is 12.1 Å². The number of anilines is 1.